The standard InChI is InChI=1S/C12H17NO3S/c1-8(2)16-10-4-9(13)5-11(6-10)17-7-12(14)15-3/h4-6,8H,7,13H2,1-3H3. The van der Waals surface area contributed by atoms with Crippen LogP contribution in [0.1, 0.15) is 13.8 Å². The summed E-state index contributed by atoms with van der Waals surface area (Å²) in [6.07, 6.45) is 0.0928. The average Bonchev–Trinajstić information content (AvgIpc) is 2.24. The van der Waals surface area contributed by atoms with Crippen LogP contribution in [0.15, 0.2) is 23.1 Å². The van der Waals surface area contributed by atoms with Gasteiger partial charge in [0.25, 0.3) is 0 Å². The molecule has 1 rings (SSSR count). The summed E-state index contributed by atoms with van der Waals surface area (Å²) in [6.45, 7) is 3.90. The lowest BCUT2D eigenvalue weighted by Gasteiger charge is -2.11. The maximum absolute atomic E-state index is 11.0. The maximum atomic E-state index is 11.0. The topological polar surface area (TPSA) is 61.5 Å². The molecule has 1 aromatic carbocycles. The molecule has 0 amide bonds. The molecule has 0 fully saturated rings. The molecule has 0 saturated heterocycles. The number of anilines is 1. The van der Waals surface area contributed by atoms with Crippen LogP contribution >= 0.6 is 11.8 Å². The van der Waals surface area contributed by atoms with Crippen LogP contribution in [0.2, 0.25) is 0 Å². The number of methoxy groups -OCH3 is 1. The Kier molecular flexibility index (Phi) is 5.15. The first-order valence-corrected chi connectivity index (χ1v) is 6.26. The van der Waals surface area contributed by atoms with Crippen molar-refractivity contribution in [1.29, 1.82) is 0 Å². The van der Waals surface area contributed by atoms with E-state index in [1.165, 1.54) is 18.9 Å². The number of hydrogen-bond acceptors (Lipinski definition) is 5. The Balaban J connectivity index is 2.71. The second kappa shape index (κ2) is 6.39. The van der Waals surface area contributed by atoms with Gasteiger partial charge in [0, 0.05) is 16.6 Å². The zero-order valence-electron chi connectivity index (χ0n) is 10.2. The highest BCUT2D eigenvalue weighted by molar-refractivity contribution is 8.00. The van der Waals surface area contributed by atoms with Crippen molar-refractivity contribution in [2.75, 3.05) is 18.6 Å². The molecule has 94 valence electrons. The number of ether oxygens (including phenoxy) is 2. The molecule has 1 aromatic rings. The van der Waals surface area contributed by atoms with Crippen LogP contribution in [0.3, 0.4) is 0 Å². The molecular weight excluding hydrogens is 238 g/mol. The highest BCUT2D eigenvalue weighted by Gasteiger charge is 2.06. The van der Waals surface area contributed by atoms with E-state index < -0.39 is 0 Å². The quantitative estimate of drug-likeness (QED) is 0.497. The molecule has 0 aliphatic heterocycles. The highest BCUT2D eigenvalue weighted by Crippen LogP contribution is 2.27. The minimum absolute atomic E-state index is 0.0928. The summed E-state index contributed by atoms with van der Waals surface area (Å²) in [7, 11) is 1.37. The number of thioether (sulfide) groups is 1. The second-order valence-electron chi connectivity index (χ2n) is 3.77. The van der Waals surface area contributed by atoms with E-state index in [1.54, 1.807) is 12.1 Å². The number of benzene rings is 1. The highest BCUT2D eigenvalue weighted by atomic mass is 32.2. The molecule has 0 saturated carbocycles. The Hall–Kier alpha value is -1.36. The van der Waals surface area contributed by atoms with Crippen molar-refractivity contribution in [3.8, 4) is 5.75 Å². The SMILES string of the molecule is COC(=O)CSc1cc(N)cc(OC(C)C)c1. The second-order valence-corrected chi connectivity index (χ2v) is 4.82. The molecule has 17 heavy (non-hydrogen) atoms. The van der Waals surface area contributed by atoms with Crippen LogP contribution in [0, 0.1) is 0 Å². The lowest BCUT2D eigenvalue weighted by Crippen LogP contribution is -2.06. The number of carbonyl (C=O) groups is 1. The Morgan fingerprint density at radius 1 is 1.41 bits per heavy atom. The summed E-state index contributed by atoms with van der Waals surface area (Å²) in [4.78, 5) is 11.9. The Labute approximate surface area is 105 Å². The van der Waals surface area contributed by atoms with E-state index in [0.29, 0.717) is 11.4 Å². The number of nitrogens with two attached hydrogens (primary N) is 1. The molecule has 0 radical (unpaired) electrons. The summed E-state index contributed by atoms with van der Waals surface area (Å²) >= 11 is 1.37. The van der Waals surface area contributed by atoms with Crippen LogP contribution in [0.25, 0.3) is 0 Å². The summed E-state index contributed by atoms with van der Waals surface area (Å²) in [5.41, 5.74) is 6.39. The third-order valence-electron chi connectivity index (χ3n) is 1.86. The average molecular weight is 255 g/mol. The van der Waals surface area contributed by atoms with E-state index in [-0.39, 0.29) is 17.8 Å². The van der Waals surface area contributed by atoms with Crippen molar-refractivity contribution in [2.45, 2.75) is 24.8 Å². The van der Waals surface area contributed by atoms with Crippen LogP contribution < -0.4 is 10.5 Å². The first kappa shape index (κ1) is 13.7. The molecule has 0 aromatic heterocycles. The predicted octanol–water partition coefficient (Wildman–Crippen LogP) is 2.32. The first-order valence-electron chi connectivity index (χ1n) is 5.28. The van der Waals surface area contributed by atoms with Crippen LogP contribution in [0.5, 0.6) is 5.75 Å². The molecule has 0 aliphatic rings. The van der Waals surface area contributed by atoms with Gasteiger partial charge >= 0.3 is 5.97 Å². The Morgan fingerprint density at radius 3 is 2.71 bits per heavy atom. The minimum atomic E-state index is -0.260. The number of rotatable bonds is 5. The zero-order valence-corrected chi connectivity index (χ0v) is 11.0. The van der Waals surface area contributed by atoms with Gasteiger partial charge in [-0.15, -0.1) is 11.8 Å². The van der Waals surface area contributed by atoms with E-state index in [4.69, 9.17) is 10.5 Å². The number of hydrogen-bond donors (Lipinski definition) is 1. The van der Waals surface area contributed by atoms with E-state index in [1.807, 2.05) is 19.9 Å². The van der Waals surface area contributed by atoms with Crippen molar-refractivity contribution in [2.24, 2.45) is 0 Å². The molecule has 0 unspecified atom stereocenters. The summed E-state index contributed by atoms with van der Waals surface area (Å²) in [5.74, 6) is 0.720. The van der Waals surface area contributed by atoms with E-state index >= 15 is 0 Å². The molecule has 2 N–H and O–H groups in total. The molecule has 0 heterocycles. The van der Waals surface area contributed by atoms with Crippen molar-refractivity contribution in [3.05, 3.63) is 18.2 Å². The third-order valence-corrected chi connectivity index (χ3v) is 2.81. The van der Waals surface area contributed by atoms with Gasteiger partial charge in [-0.2, -0.15) is 0 Å². The lowest BCUT2D eigenvalue weighted by atomic mass is 10.3. The lowest BCUT2D eigenvalue weighted by molar-refractivity contribution is -0.137. The predicted molar refractivity (Wildman–Crippen MR) is 69.4 cm³/mol. The first-order chi connectivity index (χ1) is 8.01. The van der Waals surface area contributed by atoms with Gasteiger partial charge < -0.3 is 15.2 Å². The molecule has 0 spiro atoms. The number of esters is 1. The van der Waals surface area contributed by atoms with Crippen molar-refractivity contribution in [1.82, 2.24) is 0 Å². The monoisotopic (exact) mass is 255 g/mol. The molecule has 4 nitrogen and oxygen atoms in total. The molecule has 5 heteroatoms. The fourth-order valence-corrected chi connectivity index (χ4v) is 2.04. The van der Waals surface area contributed by atoms with Crippen molar-refractivity contribution >= 4 is 23.4 Å². The Bertz CT molecular complexity index is 393. The smallest absolute Gasteiger partial charge is 0.315 e. The molecule has 0 aliphatic carbocycles. The fraction of sp³-hybridized carbons (Fsp3) is 0.417. The molecular formula is C12H17NO3S. The summed E-state index contributed by atoms with van der Waals surface area (Å²) < 4.78 is 10.1. The number of carbonyl (C=O) groups excluding carboxylic acids is 1. The van der Waals surface area contributed by atoms with E-state index in [0.717, 1.165) is 4.90 Å². The third kappa shape index (κ3) is 4.99. The summed E-state index contributed by atoms with van der Waals surface area (Å²) in [6, 6.07) is 5.44. The van der Waals surface area contributed by atoms with Crippen LogP contribution in [-0.4, -0.2) is 24.9 Å². The van der Waals surface area contributed by atoms with Gasteiger partial charge in [-0.25, -0.2) is 0 Å². The fourth-order valence-electron chi connectivity index (χ4n) is 1.22. The van der Waals surface area contributed by atoms with E-state index in [9.17, 15) is 4.79 Å². The van der Waals surface area contributed by atoms with Gasteiger partial charge in [0.2, 0.25) is 0 Å². The van der Waals surface area contributed by atoms with Crippen molar-refractivity contribution < 1.29 is 14.3 Å². The minimum Gasteiger partial charge on any atom is -0.491 e. The van der Waals surface area contributed by atoms with Gasteiger partial charge in [0.1, 0.15) is 5.75 Å². The van der Waals surface area contributed by atoms with Crippen LogP contribution in [0.4, 0.5) is 5.69 Å². The molecule has 0 bridgehead atoms. The van der Waals surface area contributed by atoms with Crippen molar-refractivity contribution in [3.63, 3.8) is 0 Å². The van der Waals surface area contributed by atoms with E-state index in [2.05, 4.69) is 4.74 Å². The summed E-state index contributed by atoms with van der Waals surface area (Å²) in [5, 5.41) is 0. The van der Waals surface area contributed by atoms with Gasteiger partial charge in [-0.1, -0.05) is 0 Å². The van der Waals surface area contributed by atoms with Crippen LogP contribution in [-0.2, 0) is 9.53 Å². The molecule has 0 atom stereocenters. The number of nitrogen functional groups attached to an aromatic ring is 1. The van der Waals surface area contributed by atoms with Gasteiger partial charge in [0.05, 0.1) is 19.0 Å². The van der Waals surface area contributed by atoms with Gasteiger partial charge in [-0.05, 0) is 26.0 Å². The largest absolute Gasteiger partial charge is 0.491 e. The van der Waals surface area contributed by atoms with Gasteiger partial charge in [-0.3, -0.25) is 4.79 Å². The maximum Gasteiger partial charge on any atom is 0.315 e. The van der Waals surface area contributed by atoms with Gasteiger partial charge in [0.15, 0.2) is 0 Å². The Morgan fingerprint density at radius 2 is 2.12 bits per heavy atom. The normalized spacial score (nSPS) is 10.4. The zero-order chi connectivity index (χ0) is 12.8.